The van der Waals surface area contributed by atoms with Crippen molar-refractivity contribution in [2.24, 2.45) is 11.8 Å². The molecule has 3 rings (SSSR count). The van der Waals surface area contributed by atoms with Gasteiger partial charge in [0.1, 0.15) is 5.75 Å². The Labute approximate surface area is 149 Å². The van der Waals surface area contributed by atoms with Crippen LogP contribution in [0.25, 0.3) is 0 Å². The van der Waals surface area contributed by atoms with E-state index in [1.807, 2.05) is 24.3 Å². The maximum atomic E-state index is 13.1. The van der Waals surface area contributed by atoms with Gasteiger partial charge in [-0.1, -0.05) is 13.8 Å². The number of benzene rings is 1. The molecule has 1 saturated heterocycles. The number of rotatable bonds is 6. The lowest BCUT2D eigenvalue weighted by Gasteiger charge is -2.34. The Morgan fingerprint density at radius 3 is 2.36 bits per heavy atom. The highest BCUT2D eigenvalue weighted by Gasteiger charge is 2.43. The SMILES string of the molecule is COc1ccc(N2CC(C(=O)N(C3CC3)C(C)C(C)C)CC2=O)cc1. The molecule has 0 bridgehead atoms. The fourth-order valence-electron chi connectivity index (χ4n) is 3.48. The van der Waals surface area contributed by atoms with E-state index in [-0.39, 0.29) is 23.8 Å². The smallest absolute Gasteiger partial charge is 0.228 e. The number of hydrogen-bond acceptors (Lipinski definition) is 3. The highest BCUT2D eigenvalue weighted by atomic mass is 16.5. The van der Waals surface area contributed by atoms with Gasteiger partial charge in [-0.2, -0.15) is 0 Å². The van der Waals surface area contributed by atoms with Crippen LogP contribution in [0.15, 0.2) is 24.3 Å². The Balaban J connectivity index is 1.73. The van der Waals surface area contributed by atoms with E-state index < -0.39 is 0 Å². The number of hydrogen-bond donors (Lipinski definition) is 0. The molecule has 2 amide bonds. The Morgan fingerprint density at radius 1 is 1.20 bits per heavy atom. The summed E-state index contributed by atoms with van der Waals surface area (Å²) in [4.78, 5) is 29.4. The van der Waals surface area contributed by atoms with E-state index in [0.717, 1.165) is 24.3 Å². The van der Waals surface area contributed by atoms with Crippen LogP contribution in [0.2, 0.25) is 0 Å². The first kappa shape index (κ1) is 17.8. The first-order valence-corrected chi connectivity index (χ1v) is 9.19. The van der Waals surface area contributed by atoms with Crippen molar-refractivity contribution in [3.8, 4) is 5.75 Å². The van der Waals surface area contributed by atoms with Crippen LogP contribution in [0, 0.1) is 11.8 Å². The van der Waals surface area contributed by atoms with Gasteiger partial charge in [0, 0.05) is 30.7 Å². The maximum absolute atomic E-state index is 13.1. The van der Waals surface area contributed by atoms with Gasteiger partial charge in [-0.15, -0.1) is 0 Å². The molecular formula is C20H28N2O3. The Kier molecular flexibility index (Phi) is 5.02. The van der Waals surface area contributed by atoms with Crippen molar-refractivity contribution >= 4 is 17.5 Å². The summed E-state index contributed by atoms with van der Waals surface area (Å²) in [5, 5.41) is 0. The zero-order valence-corrected chi connectivity index (χ0v) is 15.6. The number of nitrogens with zero attached hydrogens (tertiary/aromatic N) is 2. The third kappa shape index (κ3) is 3.65. The second kappa shape index (κ2) is 7.06. The molecule has 1 saturated carbocycles. The molecule has 2 fully saturated rings. The van der Waals surface area contributed by atoms with E-state index in [9.17, 15) is 9.59 Å². The molecule has 1 aliphatic heterocycles. The molecule has 1 heterocycles. The van der Waals surface area contributed by atoms with E-state index in [4.69, 9.17) is 4.74 Å². The van der Waals surface area contributed by atoms with Gasteiger partial charge in [0.25, 0.3) is 0 Å². The monoisotopic (exact) mass is 344 g/mol. The maximum Gasteiger partial charge on any atom is 0.228 e. The Hall–Kier alpha value is -2.04. The molecule has 0 spiro atoms. The third-order valence-electron chi connectivity index (χ3n) is 5.46. The van der Waals surface area contributed by atoms with Crippen molar-refractivity contribution in [1.29, 1.82) is 0 Å². The number of carbonyl (C=O) groups excluding carboxylic acids is 2. The Bertz CT molecular complexity index is 637. The van der Waals surface area contributed by atoms with Crippen molar-refractivity contribution < 1.29 is 14.3 Å². The van der Waals surface area contributed by atoms with Gasteiger partial charge in [-0.05, 0) is 49.9 Å². The van der Waals surface area contributed by atoms with Crippen LogP contribution in [0.3, 0.4) is 0 Å². The topological polar surface area (TPSA) is 49.9 Å². The molecule has 1 aliphatic carbocycles. The normalized spacial score (nSPS) is 21.6. The van der Waals surface area contributed by atoms with Crippen LogP contribution < -0.4 is 9.64 Å². The number of methoxy groups -OCH3 is 1. The molecular weight excluding hydrogens is 316 g/mol. The summed E-state index contributed by atoms with van der Waals surface area (Å²) in [5.41, 5.74) is 0.830. The minimum Gasteiger partial charge on any atom is -0.497 e. The van der Waals surface area contributed by atoms with Crippen molar-refractivity contribution in [2.45, 2.75) is 52.1 Å². The summed E-state index contributed by atoms with van der Waals surface area (Å²) in [7, 11) is 1.62. The quantitative estimate of drug-likeness (QED) is 0.797. The fourth-order valence-corrected chi connectivity index (χ4v) is 3.48. The molecule has 2 aliphatic rings. The van der Waals surface area contributed by atoms with Gasteiger partial charge in [0.15, 0.2) is 0 Å². The van der Waals surface area contributed by atoms with Crippen molar-refractivity contribution in [3.05, 3.63) is 24.3 Å². The summed E-state index contributed by atoms with van der Waals surface area (Å²) >= 11 is 0. The molecule has 5 nitrogen and oxygen atoms in total. The van der Waals surface area contributed by atoms with Crippen LogP contribution in [0.1, 0.15) is 40.0 Å². The van der Waals surface area contributed by atoms with Crippen LogP contribution in [0.4, 0.5) is 5.69 Å². The summed E-state index contributed by atoms with van der Waals surface area (Å²) in [6.07, 6.45) is 2.48. The number of anilines is 1. The van der Waals surface area contributed by atoms with Gasteiger partial charge >= 0.3 is 0 Å². The molecule has 0 radical (unpaired) electrons. The number of ether oxygens (including phenoxy) is 1. The second-order valence-corrected chi connectivity index (χ2v) is 7.56. The summed E-state index contributed by atoms with van der Waals surface area (Å²) in [6.45, 7) is 6.89. The van der Waals surface area contributed by atoms with Crippen LogP contribution in [-0.2, 0) is 9.59 Å². The van der Waals surface area contributed by atoms with E-state index in [1.54, 1.807) is 12.0 Å². The average molecular weight is 344 g/mol. The molecule has 0 N–H and O–H groups in total. The van der Waals surface area contributed by atoms with Gasteiger partial charge in [0.05, 0.1) is 13.0 Å². The lowest BCUT2D eigenvalue weighted by Crippen LogP contribution is -2.46. The van der Waals surface area contributed by atoms with E-state index in [2.05, 4.69) is 25.7 Å². The molecule has 5 heteroatoms. The molecule has 2 unspecified atom stereocenters. The lowest BCUT2D eigenvalue weighted by molar-refractivity contribution is -0.139. The zero-order chi connectivity index (χ0) is 18.1. The molecule has 1 aromatic carbocycles. The predicted molar refractivity (Wildman–Crippen MR) is 97.6 cm³/mol. The molecule has 136 valence electrons. The molecule has 0 aromatic heterocycles. The zero-order valence-electron chi connectivity index (χ0n) is 15.6. The van der Waals surface area contributed by atoms with Gasteiger partial charge < -0.3 is 14.5 Å². The highest BCUT2D eigenvalue weighted by Crippen LogP contribution is 2.35. The van der Waals surface area contributed by atoms with E-state index in [1.165, 1.54) is 0 Å². The lowest BCUT2D eigenvalue weighted by atomic mass is 10.0. The minimum absolute atomic E-state index is 0.0245. The van der Waals surface area contributed by atoms with Crippen molar-refractivity contribution in [3.63, 3.8) is 0 Å². The predicted octanol–water partition coefficient (Wildman–Crippen LogP) is 3.08. The average Bonchev–Trinajstić information content (AvgIpc) is 3.36. The first-order valence-electron chi connectivity index (χ1n) is 9.19. The molecule has 2 atom stereocenters. The van der Waals surface area contributed by atoms with Crippen LogP contribution in [0.5, 0.6) is 5.75 Å². The molecule has 1 aromatic rings. The standard InChI is InChI=1S/C20H28N2O3/c1-13(2)14(3)22(17-5-6-17)20(24)15-11-19(23)21(12-15)16-7-9-18(25-4)10-8-16/h7-10,13-15,17H,5-6,11-12H2,1-4H3. The van der Waals surface area contributed by atoms with E-state index in [0.29, 0.717) is 24.9 Å². The van der Waals surface area contributed by atoms with Crippen molar-refractivity contribution in [1.82, 2.24) is 4.90 Å². The minimum atomic E-state index is -0.239. The van der Waals surface area contributed by atoms with Gasteiger partial charge in [-0.3, -0.25) is 9.59 Å². The van der Waals surface area contributed by atoms with Crippen LogP contribution in [-0.4, -0.2) is 42.5 Å². The first-order chi connectivity index (χ1) is 11.9. The van der Waals surface area contributed by atoms with Gasteiger partial charge in [-0.25, -0.2) is 0 Å². The largest absolute Gasteiger partial charge is 0.497 e. The highest BCUT2D eigenvalue weighted by molar-refractivity contribution is 6.00. The number of carbonyl (C=O) groups is 2. The summed E-state index contributed by atoms with van der Waals surface area (Å²) in [5.74, 6) is 1.11. The summed E-state index contributed by atoms with van der Waals surface area (Å²) < 4.78 is 5.17. The fraction of sp³-hybridized carbons (Fsp3) is 0.600. The summed E-state index contributed by atoms with van der Waals surface area (Å²) in [6, 6.07) is 8.02. The molecule has 25 heavy (non-hydrogen) atoms. The Morgan fingerprint density at radius 2 is 1.84 bits per heavy atom. The van der Waals surface area contributed by atoms with Crippen molar-refractivity contribution in [2.75, 3.05) is 18.6 Å². The van der Waals surface area contributed by atoms with E-state index >= 15 is 0 Å². The van der Waals surface area contributed by atoms with Crippen LogP contribution >= 0.6 is 0 Å². The second-order valence-electron chi connectivity index (χ2n) is 7.56. The third-order valence-corrected chi connectivity index (χ3v) is 5.46. The number of amides is 2. The van der Waals surface area contributed by atoms with Gasteiger partial charge in [0.2, 0.25) is 11.8 Å².